The van der Waals surface area contributed by atoms with Gasteiger partial charge in [0.2, 0.25) is 0 Å². The molecule has 0 aliphatic rings. The molecule has 0 amide bonds. The van der Waals surface area contributed by atoms with Gasteiger partial charge in [-0.25, -0.2) is 8.42 Å². The normalized spacial score (nSPS) is 11.8. The first-order valence-electron chi connectivity index (χ1n) is 12.7. The third-order valence-electron chi connectivity index (χ3n) is 6.54. The van der Waals surface area contributed by atoms with Gasteiger partial charge in [-0.2, -0.15) is 0 Å². The van der Waals surface area contributed by atoms with Crippen molar-refractivity contribution < 1.29 is 17.6 Å². The number of benzene rings is 4. The van der Waals surface area contributed by atoms with Crippen LogP contribution >= 0.6 is 0 Å². The Balaban J connectivity index is 1.62. The summed E-state index contributed by atoms with van der Waals surface area (Å²) < 4.78 is 40.7. The third-order valence-corrected chi connectivity index (χ3v) is 12.9. The lowest BCUT2D eigenvalue weighted by molar-refractivity contribution is 0.346. The zero-order valence-corrected chi connectivity index (χ0v) is 24.5. The highest BCUT2D eigenvalue weighted by molar-refractivity contribution is 7.92. The van der Waals surface area contributed by atoms with Crippen LogP contribution in [0.15, 0.2) is 114 Å². The van der Waals surface area contributed by atoms with E-state index in [0.29, 0.717) is 17.0 Å². The summed E-state index contributed by atoms with van der Waals surface area (Å²) in [6.45, 7) is 6.86. The highest BCUT2D eigenvalue weighted by Crippen LogP contribution is 2.36. The number of rotatable bonds is 8. The van der Waals surface area contributed by atoms with Gasteiger partial charge in [-0.1, -0.05) is 105 Å². The standard InChI is InChI=1S/C32H33NO4SSi/c1-32(2,3)39(29-16-7-5-8-17-29,30-18-9-6-10-19-30)37-25-13-15-26-14-11-12-20-31(26)33-38(34,35)28-23-21-27(36-4)22-24-28/h5-12,14,16-24,33H,25H2,1-4H3. The van der Waals surface area contributed by atoms with E-state index in [1.54, 1.807) is 30.3 Å². The molecule has 0 saturated heterocycles. The molecule has 200 valence electrons. The van der Waals surface area contributed by atoms with Gasteiger partial charge < -0.3 is 9.16 Å². The minimum Gasteiger partial charge on any atom is -0.497 e. The molecular formula is C32H33NO4SSi. The molecule has 5 nitrogen and oxygen atoms in total. The molecule has 0 aromatic heterocycles. The van der Waals surface area contributed by atoms with E-state index >= 15 is 0 Å². The largest absolute Gasteiger partial charge is 0.497 e. The Kier molecular flexibility index (Phi) is 8.61. The van der Waals surface area contributed by atoms with Crippen molar-refractivity contribution in [1.82, 2.24) is 0 Å². The molecule has 4 aromatic carbocycles. The fraction of sp³-hybridized carbons (Fsp3) is 0.188. The van der Waals surface area contributed by atoms with Crippen LogP contribution in [0, 0.1) is 11.8 Å². The van der Waals surface area contributed by atoms with E-state index in [2.05, 4.69) is 61.6 Å². The summed E-state index contributed by atoms with van der Waals surface area (Å²) in [5, 5.41) is 2.19. The van der Waals surface area contributed by atoms with Gasteiger partial charge in [0.25, 0.3) is 18.3 Å². The maximum atomic E-state index is 13.0. The molecule has 0 spiro atoms. The molecule has 0 aliphatic carbocycles. The molecule has 0 radical (unpaired) electrons. The van der Waals surface area contributed by atoms with E-state index in [9.17, 15) is 8.42 Å². The topological polar surface area (TPSA) is 64.6 Å². The lowest BCUT2D eigenvalue weighted by atomic mass is 10.2. The Hall–Kier alpha value is -3.83. The molecule has 0 aliphatic heterocycles. The first kappa shape index (κ1) is 28.2. The van der Waals surface area contributed by atoms with Crippen LogP contribution in [0.2, 0.25) is 5.04 Å². The van der Waals surface area contributed by atoms with Gasteiger partial charge in [-0.15, -0.1) is 0 Å². The lowest BCUT2D eigenvalue weighted by Gasteiger charge is -2.42. The van der Waals surface area contributed by atoms with Crippen LogP contribution in [0.25, 0.3) is 0 Å². The molecule has 4 aromatic rings. The molecule has 0 atom stereocenters. The summed E-state index contributed by atoms with van der Waals surface area (Å²) in [6, 6.07) is 34.1. The predicted octanol–water partition coefficient (Wildman–Crippen LogP) is 5.42. The van der Waals surface area contributed by atoms with Crippen molar-refractivity contribution in [3.8, 4) is 17.6 Å². The van der Waals surface area contributed by atoms with Crippen LogP contribution in [-0.2, 0) is 14.4 Å². The van der Waals surface area contributed by atoms with Crippen LogP contribution < -0.4 is 19.8 Å². The van der Waals surface area contributed by atoms with Crippen LogP contribution in [0.4, 0.5) is 5.69 Å². The van der Waals surface area contributed by atoms with Crippen LogP contribution in [0.1, 0.15) is 26.3 Å². The van der Waals surface area contributed by atoms with Crippen LogP contribution in [0.5, 0.6) is 5.75 Å². The monoisotopic (exact) mass is 555 g/mol. The summed E-state index contributed by atoms with van der Waals surface area (Å²) in [5.41, 5.74) is 0.979. The minimum absolute atomic E-state index is 0.140. The fourth-order valence-electron chi connectivity index (χ4n) is 4.68. The van der Waals surface area contributed by atoms with Crippen molar-refractivity contribution in [2.45, 2.75) is 30.7 Å². The lowest BCUT2D eigenvalue weighted by Crippen LogP contribution is -2.66. The maximum absolute atomic E-state index is 13.0. The molecule has 4 rings (SSSR count). The first-order valence-corrected chi connectivity index (χ1v) is 16.1. The molecule has 39 heavy (non-hydrogen) atoms. The maximum Gasteiger partial charge on any atom is 0.262 e. The van der Waals surface area contributed by atoms with Gasteiger partial charge in [0, 0.05) is 5.56 Å². The van der Waals surface area contributed by atoms with Crippen molar-refractivity contribution in [2.24, 2.45) is 0 Å². The highest BCUT2D eigenvalue weighted by atomic mass is 32.2. The Labute approximate surface area is 233 Å². The Morgan fingerprint density at radius 1 is 0.769 bits per heavy atom. The zero-order chi connectivity index (χ0) is 27.9. The summed E-state index contributed by atoms with van der Waals surface area (Å²) in [4.78, 5) is 0.140. The molecule has 1 N–H and O–H groups in total. The Morgan fingerprint density at radius 2 is 1.31 bits per heavy atom. The molecule has 0 unspecified atom stereocenters. The number of methoxy groups -OCH3 is 1. The minimum atomic E-state index is -3.80. The third kappa shape index (κ3) is 6.26. The van der Waals surface area contributed by atoms with E-state index in [0.717, 1.165) is 0 Å². The van der Waals surface area contributed by atoms with E-state index in [1.807, 2.05) is 42.5 Å². The average Bonchev–Trinajstić information content (AvgIpc) is 2.94. The molecule has 0 fully saturated rings. The summed E-state index contributed by atoms with van der Waals surface area (Å²) in [7, 11) is -4.98. The molecule has 0 bridgehead atoms. The highest BCUT2D eigenvalue weighted by Gasteiger charge is 2.50. The fourth-order valence-corrected chi connectivity index (χ4v) is 10.2. The van der Waals surface area contributed by atoms with Crippen LogP contribution in [0.3, 0.4) is 0 Å². The van der Waals surface area contributed by atoms with Gasteiger partial charge in [0.15, 0.2) is 0 Å². The number of ether oxygens (including phenoxy) is 1. The van der Waals surface area contributed by atoms with Gasteiger partial charge >= 0.3 is 0 Å². The van der Waals surface area contributed by atoms with Crippen molar-refractivity contribution in [1.29, 1.82) is 0 Å². The average molecular weight is 556 g/mol. The number of para-hydroxylation sites is 1. The number of hydrogen-bond acceptors (Lipinski definition) is 4. The van der Waals surface area contributed by atoms with E-state index in [-0.39, 0.29) is 16.5 Å². The Bertz CT molecular complexity index is 1510. The second kappa shape index (κ2) is 11.9. The van der Waals surface area contributed by atoms with E-state index in [1.165, 1.54) is 29.6 Å². The predicted molar refractivity (Wildman–Crippen MR) is 161 cm³/mol. The van der Waals surface area contributed by atoms with Crippen molar-refractivity contribution in [3.05, 3.63) is 115 Å². The molecule has 7 heteroatoms. The number of nitrogens with one attached hydrogen (secondary N) is 1. The van der Waals surface area contributed by atoms with E-state index < -0.39 is 18.3 Å². The van der Waals surface area contributed by atoms with Gasteiger partial charge in [-0.05, 0) is 51.8 Å². The number of sulfonamides is 1. The van der Waals surface area contributed by atoms with Crippen molar-refractivity contribution in [2.75, 3.05) is 18.4 Å². The number of anilines is 1. The summed E-state index contributed by atoms with van der Waals surface area (Å²) >= 11 is 0. The molecular weight excluding hydrogens is 523 g/mol. The van der Waals surface area contributed by atoms with Crippen molar-refractivity contribution in [3.63, 3.8) is 0 Å². The summed E-state index contributed by atoms with van der Waals surface area (Å²) in [6.07, 6.45) is 0. The summed E-state index contributed by atoms with van der Waals surface area (Å²) in [5.74, 6) is 6.88. The second-order valence-corrected chi connectivity index (χ2v) is 16.1. The van der Waals surface area contributed by atoms with Crippen molar-refractivity contribution >= 4 is 34.4 Å². The smallest absolute Gasteiger partial charge is 0.262 e. The quantitative estimate of drug-likeness (QED) is 0.233. The first-order chi connectivity index (χ1) is 18.7. The van der Waals surface area contributed by atoms with E-state index in [4.69, 9.17) is 9.16 Å². The van der Waals surface area contributed by atoms with Gasteiger partial charge in [-0.3, -0.25) is 4.72 Å². The molecule has 0 heterocycles. The number of hydrogen-bond donors (Lipinski definition) is 1. The van der Waals surface area contributed by atoms with Crippen LogP contribution in [-0.4, -0.2) is 30.5 Å². The zero-order valence-electron chi connectivity index (χ0n) is 22.6. The van der Waals surface area contributed by atoms with Gasteiger partial charge in [0.05, 0.1) is 24.3 Å². The SMILES string of the molecule is COc1ccc(S(=O)(=O)Nc2ccccc2C#CCO[Si](c2ccccc2)(c2ccccc2)C(C)(C)C)cc1. The van der Waals surface area contributed by atoms with Gasteiger partial charge in [0.1, 0.15) is 5.75 Å². The molecule has 0 saturated carbocycles. The Morgan fingerprint density at radius 3 is 1.85 bits per heavy atom. The second-order valence-electron chi connectivity index (χ2n) is 10.1.